The summed E-state index contributed by atoms with van der Waals surface area (Å²) >= 11 is 0. The van der Waals surface area contributed by atoms with Gasteiger partial charge in [0.1, 0.15) is 0 Å². The zero-order chi connectivity index (χ0) is 10.0. The van der Waals surface area contributed by atoms with E-state index in [1.54, 1.807) is 0 Å². The van der Waals surface area contributed by atoms with E-state index in [1.807, 2.05) is 13.8 Å². The van der Waals surface area contributed by atoms with Gasteiger partial charge in [0.2, 0.25) is 0 Å². The van der Waals surface area contributed by atoms with Crippen LogP contribution in [-0.4, -0.2) is 9.97 Å². The third-order valence-corrected chi connectivity index (χ3v) is 1.86. The fraction of sp³-hybridized carbons (Fsp3) is 0.500. The smallest absolute Gasteiger partial charge is 0.323 e. The molecule has 0 amide bonds. The molecule has 0 saturated carbocycles. The second-order valence-corrected chi connectivity index (χ2v) is 3.31. The van der Waals surface area contributed by atoms with E-state index < -0.39 is 11.2 Å². The molecule has 1 heterocycles. The average molecular weight is 183 g/mol. The first kappa shape index (κ1) is 9.73. The van der Waals surface area contributed by atoms with Gasteiger partial charge < -0.3 is 10.7 Å². The molecular weight excluding hydrogens is 170 g/mol. The molecule has 0 aromatic carbocycles. The van der Waals surface area contributed by atoms with Crippen LogP contribution in [-0.2, 0) is 0 Å². The Morgan fingerprint density at radius 2 is 1.92 bits per heavy atom. The van der Waals surface area contributed by atoms with Gasteiger partial charge in [0, 0.05) is 17.8 Å². The molecule has 0 unspecified atom stereocenters. The van der Waals surface area contributed by atoms with Crippen LogP contribution in [0, 0.1) is 5.92 Å². The Morgan fingerprint density at radius 1 is 1.31 bits per heavy atom. The molecule has 0 fully saturated rings. The standard InChI is InChI=1S/C8H13N3O2/c1-4(2)7(9)5-3-6(12)11-8(13)10-5/h3-4,7H,9H2,1-2H3,(H2,10,11,12,13)/t7-/m0/s1. The number of rotatable bonds is 2. The first-order valence-electron chi connectivity index (χ1n) is 4.10. The van der Waals surface area contributed by atoms with Gasteiger partial charge in [-0.15, -0.1) is 0 Å². The van der Waals surface area contributed by atoms with E-state index in [0.717, 1.165) is 0 Å². The second-order valence-electron chi connectivity index (χ2n) is 3.31. The number of aromatic nitrogens is 2. The molecular formula is C8H13N3O2. The van der Waals surface area contributed by atoms with Crippen molar-refractivity contribution in [3.63, 3.8) is 0 Å². The summed E-state index contributed by atoms with van der Waals surface area (Å²) in [4.78, 5) is 26.4. The Kier molecular flexibility index (Phi) is 2.67. The molecule has 1 aromatic heterocycles. The van der Waals surface area contributed by atoms with E-state index in [2.05, 4.69) is 9.97 Å². The summed E-state index contributed by atoms with van der Waals surface area (Å²) in [6.45, 7) is 3.84. The average Bonchev–Trinajstić information content (AvgIpc) is 2.01. The van der Waals surface area contributed by atoms with Crippen LogP contribution in [0.5, 0.6) is 0 Å². The molecule has 0 aliphatic carbocycles. The van der Waals surface area contributed by atoms with Crippen molar-refractivity contribution < 1.29 is 0 Å². The molecule has 5 nitrogen and oxygen atoms in total. The van der Waals surface area contributed by atoms with Crippen molar-refractivity contribution in [3.8, 4) is 0 Å². The molecule has 1 atom stereocenters. The van der Waals surface area contributed by atoms with Crippen molar-refractivity contribution in [2.75, 3.05) is 0 Å². The minimum Gasteiger partial charge on any atom is -0.323 e. The van der Waals surface area contributed by atoms with Crippen molar-refractivity contribution in [3.05, 3.63) is 32.6 Å². The maximum Gasteiger partial charge on any atom is 0.325 e. The summed E-state index contributed by atoms with van der Waals surface area (Å²) in [5.74, 6) is 0.178. The summed E-state index contributed by atoms with van der Waals surface area (Å²) in [5.41, 5.74) is 5.29. The van der Waals surface area contributed by atoms with Crippen molar-refractivity contribution in [2.45, 2.75) is 19.9 Å². The highest BCUT2D eigenvalue weighted by Gasteiger charge is 2.11. The van der Waals surface area contributed by atoms with Crippen LogP contribution in [0.25, 0.3) is 0 Å². The van der Waals surface area contributed by atoms with Crippen LogP contribution >= 0.6 is 0 Å². The fourth-order valence-electron chi connectivity index (χ4n) is 1.03. The van der Waals surface area contributed by atoms with Gasteiger partial charge in [0.15, 0.2) is 0 Å². The molecule has 5 heteroatoms. The first-order chi connectivity index (χ1) is 6.00. The summed E-state index contributed by atoms with van der Waals surface area (Å²) in [6, 6.07) is 1.00. The molecule has 4 N–H and O–H groups in total. The lowest BCUT2D eigenvalue weighted by Crippen LogP contribution is -2.28. The lowest BCUT2D eigenvalue weighted by molar-refractivity contribution is 0.500. The van der Waals surface area contributed by atoms with Gasteiger partial charge in [-0.05, 0) is 5.92 Å². The second kappa shape index (κ2) is 3.57. The summed E-state index contributed by atoms with van der Waals surface area (Å²) < 4.78 is 0. The van der Waals surface area contributed by atoms with Gasteiger partial charge >= 0.3 is 5.69 Å². The lowest BCUT2D eigenvalue weighted by Gasteiger charge is -2.14. The maximum atomic E-state index is 10.9. The van der Waals surface area contributed by atoms with E-state index in [0.29, 0.717) is 5.69 Å². The SMILES string of the molecule is CC(C)[C@H](N)c1cc(=O)[nH]c(=O)[nH]1. The van der Waals surface area contributed by atoms with E-state index in [4.69, 9.17) is 5.73 Å². The van der Waals surface area contributed by atoms with E-state index in [1.165, 1.54) is 6.07 Å². The summed E-state index contributed by atoms with van der Waals surface area (Å²) in [6.07, 6.45) is 0. The van der Waals surface area contributed by atoms with Crippen LogP contribution in [0.4, 0.5) is 0 Å². The first-order valence-corrected chi connectivity index (χ1v) is 4.10. The van der Waals surface area contributed by atoms with Crippen molar-refractivity contribution in [1.29, 1.82) is 0 Å². The fourth-order valence-corrected chi connectivity index (χ4v) is 1.03. The normalized spacial score (nSPS) is 13.2. The van der Waals surface area contributed by atoms with Gasteiger partial charge in [-0.2, -0.15) is 0 Å². The predicted molar refractivity (Wildman–Crippen MR) is 49.4 cm³/mol. The van der Waals surface area contributed by atoms with Crippen LogP contribution in [0.3, 0.4) is 0 Å². The molecule has 72 valence electrons. The lowest BCUT2D eigenvalue weighted by atomic mass is 10.0. The highest BCUT2D eigenvalue weighted by Crippen LogP contribution is 2.13. The minimum absolute atomic E-state index is 0.178. The molecule has 1 aromatic rings. The number of nitrogens with one attached hydrogen (secondary N) is 2. The zero-order valence-corrected chi connectivity index (χ0v) is 7.63. The molecule has 0 saturated heterocycles. The molecule has 13 heavy (non-hydrogen) atoms. The quantitative estimate of drug-likeness (QED) is 0.588. The van der Waals surface area contributed by atoms with Crippen molar-refractivity contribution >= 4 is 0 Å². The van der Waals surface area contributed by atoms with Gasteiger partial charge in [0.05, 0.1) is 0 Å². The summed E-state index contributed by atoms with van der Waals surface area (Å²) in [7, 11) is 0. The monoisotopic (exact) mass is 183 g/mol. The highest BCUT2D eigenvalue weighted by atomic mass is 16.2. The summed E-state index contributed by atoms with van der Waals surface area (Å²) in [5, 5.41) is 0. The Hall–Kier alpha value is -1.36. The molecule has 1 rings (SSSR count). The van der Waals surface area contributed by atoms with Crippen LogP contribution < -0.4 is 17.0 Å². The molecule has 0 aliphatic rings. The Balaban J connectivity index is 3.15. The van der Waals surface area contributed by atoms with Crippen molar-refractivity contribution in [1.82, 2.24) is 9.97 Å². The largest absolute Gasteiger partial charge is 0.325 e. The number of aromatic amines is 2. The van der Waals surface area contributed by atoms with E-state index in [-0.39, 0.29) is 12.0 Å². The van der Waals surface area contributed by atoms with Gasteiger partial charge in [-0.3, -0.25) is 9.78 Å². The third kappa shape index (κ3) is 2.29. The minimum atomic E-state index is -0.515. The third-order valence-electron chi connectivity index (χ3n) is 1.86. The van der Waals surface area contributed by atoms with Gasteiger partial charge in [-0.1, -0.05) is 13.8 Å². The highest BCUT2D eigenvalue weighted by molar-refractivity contribution is 5.04. The number of H-pyrrole nitrogens is 2. The molecule has 0 spiro atoms. The Bertz CT molecular complexity index is 363. The number of nitrogens with two attached hydrogens (primary N) is 1. The van der Waals surface area contributed by atoms with Crippen LogP contribution in [0.1, 0.15) is 25.6 Å². The van der Waals surface area contributed by atoms with E-state index in [9.17, 15) is 9.59 Å². The van der Waals surface area contributed by atoms with Crippen LogP contribution in [0.15, 0.2) is 15.7 Å². The molecule has 0 bridgehead atoms. The zero-order valence-electron chi connectivity index (χ0n) is 7.63. The Labute approximate surface area is 75.0 Å². The Morgan fingerprint density at radius 3 is 2.38 bits per heavy atom. The maximum absolute atomic E-state index is 10.9. The molecule has 0 radical (unpaired) electrons. The van der Waals surface area contributed by atoms with Crippen molar-refractivity contribution in [2.24, 2.45) is 11.7 Å². The van der Waals surface area contributed by atoms with Gasteiger partial charge in [-0.25, -0.2) is 4.79 Å². The van der Waals surface area contributed by atoms with Crippen LogP contribution in [0.2, 0.25) is 0 Å². The predicted octanol–water partition coefficient (Wildman–Crippen LogP) is -0.281. The molecule has 0 aliphatic heterocycles. The number of hydrogen-bond acceptors (Lipinski definition) is 3. The van der Waals surface area contributed by atoms with E-state index >= 15 is 0 Å². The number of hydrogen-bond donors (Lipinski definition) is 3. The van der Waals surface area contributed by atoms with Gasteiger partial charge in [0.25, 0.3) is 5.56 Å². The topological polar surface area (TPSA) is 91.7 Å².